The van der Waals surface area contributed by atoms with Gasteiger partial charge in [-0.25, -0.2) is 8.42 Å². The first-order valence-corrected chi connectivity index (χ1v) is 11.9. The van der Waals surface area contributed by atoms with Crippen molar-refractivity contribution in [1.29, 1.82) is 0 Å². The van der Waals surface area contributed by atoms with Crippen molar-refractivity contribution in [3.05, 3.63) is 23.8 Å². The minimum atomic E-state index is -3.75. The molecule has 8 heteroatoms. The Hall–Kier alpha value is -1.93. The van der Waals surface area contributed by atoms with E-state index in [2.05, 4.69) is 10.6 Å². The molecule has 29 heavy (non-hydrogen) atoms. The van der Waals surface area contributed by atoms with Crippen molar-refractivity contribution < 1.29 is 18.0 Å². The van der Waals surface area contributed by atoms with E-state index in [1.165, 1.54) is 23.7 Å². The van der Waals surface area contributed by atoms with E-state index in [0.29, 0.717) is 30.6 Å². The third kappa shape index (κ3) is 5.36. The lowest BCUT2D eigenvalue weighted by Crippen LogP contribution is -2.47. The number of benzene rings is 1. The summed E-state index contributed by atoms with van der Waals surface area (Å²) in [6.45, 7) is 3.72. The molecule has 160 valence electrons. The van der Waals surface area contributed by atoms with E-state index in [4.69, 9.17) is 0 Å². The molecule has 0 aromatic heterocycles. The fourth-order valence-corrected chi connectivity index (χ4v) is 6.01. The molecule has 1 aromatic rings. The third-order valence-electron chi connectivity index (χ3n) is 5.83. The molecule has 1 heterocycles. The molecule has 1 saturated heterocycles. The Kier molecular flexibility index (Phi) is 6.95. The van der Waals surface area contributed by atoms with Gasteiger partial charge in [0.25, 0.3) is 0 Å². The highest BCUT2D eigenvalue weighted by Crippen LogP contribution is 2.28. The maximum Gasteiger partial charge on any atom is 0.243 e. The third-order valence-corrected chi connectivity index (χ3v) is 7.84. The molecule has 1 atom stereocenters. The van der Waals surface area contributed by atoms with Crippen LogP contribution in [0.25, 0.3) is 0 Å². The van der Waals surface area contributed by atoms with Crippen LogP contribution in [0.3, 0.4) is 0 Å². The molecule has 1 aromatic carbocycles. The average Bonchev–Trinajstić information content (AvgIpc) is 2.70. The molecule has 1 unspecified atom stereocenters. The summed E-state index contributed by atoms with van der Waals surface area (Å²) in [5.74, 6) is -0.602. The topological polar surface area (TPSA) is 95.6 Å². The van der Waals surface area contributed by atoms with E-state index in [1.807, 2.05) is 0 Å². The minimum Gasteiger partial charge on any atom is -0.353 e. The Bertz CT molecular complexity index is 863. The first-order chi connectivity index (χ1) is 13.8. The number of nitrogens with zero attached hydrogens (tertiary/aromatic N) is 1. The van der Waals surface area contributed by atoms with Crippen LogP contribution in [0.15, 0.2) is 23.1 Å². The van der Waals surface area contributed by atoms with Crippen molar-refractivity contribution >= 4 is 27.5 Å². The lowest BCUT2D eigenvalue weighted by molar-refractivity contribution is -0.127. The summed E-state index contributed by atoms with van der Waals surface area (Å²) in [5, 5.41) is 5.77. The fourth-order valence-electron chi connectivity index (χ4n) is 4.24. The second-order valence-electron chi connectivity index (χ2n) is 8.21. The standard InChI is InChI=1S/C21H31N3O4S/c1-15-10-11-19(22-16(2)25)13-20(15)29(27,28)24-12-6-7-17(14-24)21(26)23-18-8-4-3-5-9-18/h10-11,13,17-18H,3-9,12,14H2,1-2H3,(H,22,25)(H,23,26). The van der Waals surface area contributed by atoms with E-state index in [0.717, 1.165) is 25.7 Å². The second-order valence-corrected chi connectivity index (χ2v) is 10.1. The second kappa shape index (κ2) is 9.26. The molecule has 0 radical (unpaired) electrons. The fraction of sp³-hybridized carbons (Fsp3) is 0.619. The summed E-state index contributed by atoms with van der Waals surface area (Å²) in [5.41, 5.74) is 1.07. The summed E-state index contributed by atoms with van der Waals surface area (Å²) in [6, 6.07) is 5.10. The van der Waals surface area contributed by atoms with Gasteiger partial charge in [-0.05, 0) is 50.3 Å². The van der Waals surface area contributed by atoms with Crippen molar-refractivity contribution in [2.45, 2.75) is 69.7 Å². The Morgan fingerprint density at radius 3 is 2.48 bits per heavy atom. The first-order valence-electron chi connectivity index (χ1n) is 10.5. The van der Waals surface area contributed by atoms with Crippen LogP contribution in [-0.2, 0) is 19.6 Å². The molecule has 2 amide bonds. The van der Waals surface area contributed by atoms with Crippen LogP contribution in [-0.4, -0.2) is 43.7 Å². The van der Waals surface area contributed by atoms with Crippen molar-refractivity contribution in [2.75, 3.05) is 18.4 Å². The Balaban J connectivity index is 1.73. The van der Waals surface area contributed by atoms with Gasteiger partial charge in [-0.3, -0.25) is 9.59 Å². The molecule has 2 fully saturated rings. The average molecular weight is 422 g/mol. The summed E-state index contributed by atoms with van der Waals surface area (Å²) in [6.07, 6.45) is 6.88. The number of nitrogens with one attached hydrogen (secondary N) is 2. The van der Waals surface area contributed by atoms with Crippen LogP contribution >= 0.6 is 0 Å². The van der Waals surface area contributed by atoms with Crippen molar-refractivity contribution in [2.24, 2.45) is 5.92 Å². The number of hydrogen-bond donors (Lipinski definition) is 2. The van der Waals surface area contributed by atoms with Crippen molar-refractivity contribution in [3.8, 4) is 0 Å². The van der Waals surface area contributed by atoms with E-state index in [1.54, 1.807) is 19.1 Å². The van der Waals surface area contributed by atoms with Crippen LogP contribution in [0.5, 0.6) is 0 Å². The highest BCUT2D eigenvalue weighted by atomic mass is 32.2. The quantitative estimate of drug-likeness (QED) is 0.764. The largest absolute Gasteiger partial charge is 0.353 e. The predicted molar refractivity (Wildman–Crippen MR) is 112 cm³/mol. The van der Waals surface area contributed by atoms with E-state index >= 15 is 0 Å². The molecule has 2 aliphatic rings. The van der Waals surface area contributed by atoms with Gasteiger partial charge in [0.2, 0.25) is 21.8 Å². The Labute approximate surface area is 173 Å². The molecule has 1 saturated carbocycles. The molecule has 3 rings (SSSR count). The SMILES string of the molecule is CC(=O)Nc1ccc(C)c(S(=O)(=O)N2CCCC(C(=O)NC3CCCCC3)C2)c1. The molecule has 1 aliphatic heterocycles. The van der Waals surface area contributed by atoms with Crippen molar-refractivity contribution in [1.82, 2.24) is 9.62 Å². The van der Waals surface area contributed by atoms with Crippen LogP contribution in [0.2, 0.25) is 0 Å². The first kappa shape index (κ1) is 21.8. The van der Waals surface area contributed by atoms with E-state index in [-0.39, 0.29) is 35.2 Å². The highest BCUT2D eigenvalue weighted by molar-refractivity contribution is 7.89. The number of amides is 2. The number of aryl methyl sites for hydroxylation is 1. The number of piperidine rings is 1. The lowest BCUT2D eigenvalue weighted by atomic mass is 9.93. The molecule has 0 spiro atoms. The van der Waals surface area contributed by atoms with Gasteiger partial charge < -0.3 is 10.6 Å². The summed E-state index contributed by atoms with van der Waals surface area (Å²) in [7, 11) is -3.75. The van der Waals surface area contributed by atoms with Gasteiger partial charge in [-0.1, -0.05) is 25.3 Å². The van der Waals surface area contributed by atoms with Gasteiger partial charge in [-0.15, -0.1) is 0 Å². The van der Waals surface area contributed by atoms with Gasteiger partial charge >= 0.3 is 0 Å². The maximum atomic E-state index is 13.3. The number of anilines is 1. The van der Waals surface area contributed by atoms with Gasteiger partial charge in [-0.2, -0.15) is 4.31 Å². The Morgan fingerprint density at radius 1 is 1.07 bits per heavy atom. The zero-order chi connectivity index (χ0) is 21.0. The number of hydrogen-bond acceptors (Lipinski definition) is 4. The van der Waals surface area contributed by atoms with E-state index in [9.17, 15) is 18.0 Å². The van der Waals surface area contributed by atoms with Crippen LogP contribution < -0.4 is 10.6 Å². The number of carbonyl (C=O) groups is 2. The number of carbonyl (C=O) groups excluding carboxylic acids is 2. The summed E-state index contributed by atoms with van der Waals surface area (Å²) < 4.78 is 28.0. The van der Waals surface area contributed by atoms with Gasteiger partial charge in [0.05, 0.1) is 10.8 Å². The number of sulfonamides is 1. The maximum absolute atomic E-state index is 13.3. The van der Waals surface area contributed by atoms with Gasteiger partial charge in [0, 0.05) is 31.7 Å². The highest BCUT2D eigenvalue weighted by Gasteiger charge is 2.34. The van der Waals surface area contributed by atoms with Crippen LogP contribution in [0.4, 0.5) is 5.69 Å². The minimum absolute atomic E-state index is 0.0273. The van der Waals surface area contributed by atoms with Crippen molar-refractivity contribution in [3.63, 3.8) is 0 Å². The number of rotatable bonds is 5. The smallest absolute Gasteiger partial charge is 0.243 e. The molecular weight excluding hydrogens is 390 g/mol. The molecule has 2 N–H and O–H groups in total. The predicted octanol–water partition coefficient (Wildman–Crippen LogP) is 2.80. The molecule has 7 nitrogen and oxygen atoms in total. The van der Waals surface area contributed by atoms with Gasteiger partial charge in [0.1, 0.15) is 0 Å². The Morgan fingerprint density at radius 2 is 1.79 bits per heavy atom. The van der Waals surface area contributed by atoms with Crippen LogP contribution in [0.1, 0.15) is 57.4 Å². The molecule has 1 aliphatic carbocycles. The van der Waals surface area contributed by atoms with Crippen LogP contribution in [0, 0.1) is 12.8 Å². The zero-order valence-corrected chi connectivity index (χ0v) is 18.1. The monoisotopic (exact) mass is 421 g/mol. The van der Waals surface area contributed by atoms with E-state index < -0.39 is 10.0 Å². The zero-order valence-electron chi connectivity index (χ0n) is 17.2. The molecular formula is C21H31N3O4S. The summed E-state index contributed by atoms with van der Waals surface area (Å²) >= 11 is 0. The lowest BCUT2D eigenvalue weighted by Gasteiger charge is -2.33. The normalized spacial score (nSPS) is 21.5. The van der Waals surface area contributed by atoms with Gasteiger partial charge in [0.15, 0.2) is 0 Å². The molecule has 0 bridgehead atoms. The summed E-state index contributed by atoms with van der Waals surface area (Å²) in [4.78, 5) is 24.2.